The summed E-state index contributed by atoms with van der Waals surface area (Å²) in [6, 6.07) is 4.90. The van der Waals surface area contributed by atoms with Crippen LogP contribution >= 0.6 is 11.8 Å². The molecule has 0 spiro atoms. The Labute approximate surface area is 95.2 Å². The predicted molar refractivity (Wildman–Crippen MR) is 64.6 cm³/mol. The van der Waals surface area contributed by atoms with Crippen molar-refractivity contribution in [2.75, 3.05) is 5.75 Å². The molecule has 2 N–H and O–H groups in total. The maximum atomic E-state index is 13.5. The Bertz CT molecular complexity index is 323. The molecule has 0 aliphatic carbocycles. The minimum atomic E-state index is -0.249. The van der Waals surface area contributed by atoms with Gasteiger partial charge in [0, 0.05) is 22.3 Å². The van der Waals surface area contributed by atoms with Gasteiger partial charge in [0.15, 0.2) is 0 Å². The summed E-state index contributed by atoms with van der Waals surface area (Å²) in [7, 11) is 0. The van der Waals surface area contributed by atoms with Crippen molar-refractivity contribution < 1.29 is 4.39 Å². The van der Waals surface area contributed by atoms with E-state index < -0.39 is 0 Å². The van der Waals surface area contributed by atoms with Crippen molar-refractivity contribution in [2.45, 2.75) is 31.7 Å². The molecular formula is C12H18FNS. The van der Waals surface area contributed by atoms with E-state index in [1.54, 1.807) is 17.8 Å². The Morgan fingerprint density at radius 1 is 1.33 bits per heavy atom. The average Bonchev–Trinajstić information content (AvgIpc) is 2.13. The highest BCUT2D eigenvalue weighted by Crippen LogP contribution is 2.29. The molecule has 0 saturated carbocycles. The van der Waals surface area contributed by atoms with Crippen LogP contribution < -0.4 is 5.73 Å². The standard InChI is InChI=1S/C12H18FNS/c1-8(2)7-15-11-6-4-5-10(13)12(11)9(3)14/h4-6,8-9H,7,14H2,1-3H3/t9-/m0/s1. The van der Waals surface area contributed by atoms with E-state index in [0.29, 0.717) is 11.5 Å². The quantitative estimate of drug-likeness (QED) is 0.795. The van der Waals surface area contributed by atoms with Gasteiger partial charge in [-0.3, -0.25) is 0 Å². The van der Waals surface area contributed by atoms with Gasteiger partial charge in [-0.1, -0.05) is 19.9 Å². The number of thioether (sulfide) groups is 1. The smallest absolute Gasteiger partial charge is 0.129 e. The van der Waals surface area contributed by atoms with E-state index in [-0.39, 0.29) is 11.9 Å². The van der Waals surface area contributed by atoms with Crippen LogP contribution in [0.25, 0.3) is 0 Å². The molecule has 0 saturated heterocycles. The molecule has 0 amide bonds. The largest absolute Gasteiger partial charge is 0.324 e. The third kappa shape index (κ3) is 3.50. The Balaban J connectivity index is 2.91. The highest BCUT2D eigenvalue weighted by Gasteiger charge is 2.12. The molecule has 0 unspecified atom stereocenters. The molecule has 1 nitrogen and oxygen atoms in total. The number of benzene rings is 1. The molecule has 0 aliphatic rings. The summed E-state index contributed by atoms with van der Waals surface area (Å²) in [5.74, 6) is 1.39. The van der Waals surface area contributed by atoms with Crippen molar-refractivity contribution in [1.82, 2.24) is 0 Å². The van der Waals surface area contributed by atoms with E-state index in [9.17, 15) is 4.39 Å². The summed E-state index contributed by atoms with van der Waals surface area (Å²) in [5.41, 5.74) is 6.41. The third-order valence-corrected chi connectivity index (χ3v) is 3.54. The number of hydrogen-bond donors (Lipinski definition) is 1. The van der Waals surface area contributed by atoms with Crippen LogP contribution in [-0.2, 0) is 0 Å². The summed E-state index contributed by atoms with van der Waals surface area (Å²) in [5, 5.41) is 0. The van der Waals surface area contributed by atoms with Crippen molar-refractivity contribution in [1.29, 1.82) is 0 Å². The van der Waals surface area contributed by atoms with E-state index in [1.165, 1.54) is 6.07 Å². The average molecular weight is 227 g/mol. The first-order valence-electron chi connectivity index (χ1n) is 5.19. The van der Waals surface area contributed by atoms with E-state index >= 15 is 0 Å². The molecule has 0 fully saturated rings. The van der Waals surface area contributed by atoms with E-state index in [0.717, 1.165) is 10.6 Å². The molecular weight excluding hydrogens is 209 g/mol. The van der Waals surface area contributed by atoms with Crippen molar-refractivity contribution in [2.24, 2.45) is 11.7 Å². The summed E-state index contributed by atoms with van der Waals surface area (Å²) in [6.45, 7) is 6.12. The second-order valence-corrected chi connectivity index (χ2v) is 5.21. The minimum absolute atomic E-state index is 0.196. The highest BCUT2D eigenvalue weighted by atomic mass is 32.2. The van der Waals surface area contributed by atoms with Gasteiger partial charge in [-0.2, -0.15) is 0 Å². The second-order valence-electron chi connectivity index (χ2n) is 4.15. The molecule has 84 valence electrons. The Kier molecular flexibility index (Phi) is 4.61. The Hall–Kier alpha value is -0.540. The van der Waals surface area contributed by atoms with Gasteiger partial charge >= 0.3 is 0 Å². The van der Waals surface area contributed by atoms with Crippen LogP contribution in [0.15, 0.2) is 23.1 Å². The molecule has 1 rings (SSSR count). The fourth-order valence-corrected chi connectivity index (χ4v) is 2.47. The number of nitrogens with two attached hydrogens (primary N) is 1. The van der Waals surface area contributed by atoms with Gasteiger partial charge in [-0.15, -0.1) is 11.8 Å². The van der Waals surface area contributed by atoms with Gasteiger partial charge in [0.1, 0.15) is 5.82 Å². The molecule has 0 aromatic heterocycles. The monoisotopic (exact) mass is 227 g/mol. The van der Waals surface area contributed by atoms with Crippen molar-refractivity contribution in [3.05, 3.63) is 29.6 Å². The lowest BCUT2D eigenvalue weighted by atomic mass is 10.1. The zero-order chi connectivity index (χ0) is 11.4. The molecule has 0 bridgehead atoms. The summed E-state index contributed by atoms with van der Waals surface area (Å²) < 4.78 is 13.5. The Morgan fingerprint density at radius 3 is 2.53 bits per heavy atom. The molecule has 0 radical (unpaired) electrons. The van der Waals surface area contributed by atoms with Gasteiger partial charge in [0.25, 0.3) is 0 Å². The van der Waals surface area contributed by atoms with Crippen molar-refractivity contribution in [3.63, 3.8) is 0 Å². The van der Waals surface area contributed by atoms with Crippen LogP contribution in [0.3, 0.4) is 0 Å². The highest BCUT2D eigenvalue weighted by molar-refractivity contribution is 7.99. The van der Waals surface area contributed by atoms with Crippen LogP contribution in [0.2, 0.25) is 0 Å². The summed E-state index contributed by atoms with van der Waals surface area (Å²) in [6.07, 6.45) is 0. The van der Waals surface area contributed by atoms with Gasteiger partial charge in [0.2, 0.25) is 0 Å². The Morgan fingerprint density at radius 2 is 2.00 bits per heavy atom. The minimum Gasteiger partial charge on any atom is -0.324 e. The summed E-state index contributed by atoms with van der Waals surface area (Å²) >= 11 is 1.68. The van der Waals surface area contributed by atoms with Gasteiger partial charge in [0.05, 0.1) is 0 Å². The first-order valence-corrected chi connectivity index (χ1v) is 6.17. The van der Waals surface area contributed by atoms with Crippen LogP contribution in [0.4, 0.5) is 4.39 Å². The molecule has 0 aliphatic heterocycles. The number of halogens is 1. The maximum Gasteiger partial charge on any atom is 0.129 e. The molecule has 1 aromatic rings. The van der Waals surface area contributed by atoms with Crippen LogP contribution in [0, 0.1) is 11.7 Å². The second kappa shape index (κ2) is 5.52. The normalized spacial score (nSPS) is 13.2. The first kappa shape index (κ1) is 12.5. The lowest BCUT2D eigenvalue weighted by Crippen LogP contribution is -2.09. The fraction of sp³-hybridized carbons (Fsp3) is 0.500. The fourth-order valence-electron chi connectivity index (χ4n) is 1.34. The maximum absolute atomic E-state index is 13.5. The van der Waals surface area contributed by atoms with Crippen molar-refractivity contribution >= 4 is 11.8 Å². The first-order chi connectivity index (χ1) is 7.02. The van der Waals surface area contributed by atoms with E-state index in [1.807, 2.05) is 13.0 Å². The topological polar surface area (TPSA) is 26.0 Å². The lowest BCUT2D eigenvalue weighted by Gasteiger charge is -2.14. The molecule has 0 heterocycles. The van der Waals surface area contributed by atoms with Crippen LogP contribution in [-0.4, -0.2) is 5.75 Å². The third-order valence-electron chi connectivity index (χ3n) is 2.04. The molecule has 3 heteroatoms. The predicted octanol–water partition coefficient (Wildman–Crippen LogP) is 3.59. The van der Waals surface area contributed by atoms with Crippen LogP contribution in [0.1, 0.15) is 32.4 Å². The van der Waals surface area contributed by atoms with Gasteiger partial charge in [-0.05, 0) is 25.0 Å². The van der Waals surface area contributed by atoms with Gasteiger partial charge < -0.3 is 5.73 Å². The summed E-state index contributed by atoms with van der Waals surface area (Å²) in [4.78, 5) is 0.971. The van der Waals surface area contributed by atoms with E-state index in [4.69, 9.17) is 5.73 Å². The number of hydrogen-bond acceptors (Lipinski definition) is 2. The zero-order valence-corrected chi connectivity index (χ0v) is 10.3. The molecule has 15 heavy (non-hydrogen) atoms. The number of rotatable bonds is 4. The van der Waals surface area contributed by atoms with E-state index in [2.05, 4.69) is 13.8 Å². The molecule has 1 atom stereocenters. The van der Waals surface area contributed by atoms with Crippen molar-refractivity contribution in [3.8, 4) is 0 Å². The van der Waals surface area contributed by atoms with Crippen LogP contribution in [0.5, 0.6) is 0 Å². The van der Waals surface area contributed by atoms with Gasteiger partial charge in [-0.25, -0.2) is 4.39 Å². The zero-order valence-electron chi connectivity index (χ0n) is 9.46. The lowest BCUT2D eigenvalue weighted by molar-refractivity contribution is 0.585. The SMILES string of the molecule is CC(C)CSc1cccc(F)c1[C@H](C)N. The molecule has 1 aromatic carbocycles.